The minimum Gasteiger partial charge on any atom is -0.320 e. The van der Waals surface area contributed by atoms with Crippen LogP contribution in [0.15, 0.2) is 23.1 Å². The van der Waals surface area contributed by atoms with Crippen molar-refractivity contribution in [1.29, 1.82) is 0 Å². The summed E-state index contributed by atoms with van der Waals surface area (Å²) in [5.41, 5.74) is 2.26. The lowest BCUT2D eigenvalue weighted by molar-refractivity contribution is 0.101. The maximum atomic E-state index is 11.3. The standard InChI is InChI=1S/C11H10N2O2/c1-6-3-9-10(13-11(6)15)4-8(5-12-9)7(2)14/h3-5H,1-2H3,(H,13,15). The molecule has 0 saturated heterocycles. The molecule has 2 heterocycles. The normalized spacial score (nSPS) is 10.5. The Kier molecular flexibility index (Phi) is 2.11. The van der Waals surface area contributed by atoms with E-state index in [-0.39, 0.29) is 11.3 Å². The molecule has 4 nitrogen and oxygen atoms in total. The Hall–Kier alpha value is -1.97. The number of nitrogens with zero attached hydrogens (tertiary/aromatic N) is 1. The van der Waals surface area contributed by atoms with Gasteiger partial charge in [0, 0.05) is 17.3 Å². The fraction of sp³-hybridized carbons (Fsp3) is 0.182. The molecule has 0 atom stereocenters. The zero-order valence-corrected chi connectivity index (χ0v) is 8.50. The SMILES string of the molecule is CC(=O)c1cnc2cc(C)c(=O)[nH]c2c1. The molecule has 0 unspecified atom stereocenters. The highest BCUT2D eigenvalue weighted by atomic mass is 16.1. The first-order chi connectivity index (χ1) is 7.08. The molecular weight excluding hydrogens is 192 g/mol. The summed E-state index contributed by atoms with van der Waals surface area (Å²) in [5, 5.41) is 0. The van der Waals surface area contributed by atoms with Crippen LogP contribution in [0.25, 0.3) is 11.0 Å². The second kappa shape index (κ2) is 3.31. The number of aryl methyl sites for hydroxylation is 1. The molecule has 0 bridgehead atoms. The fourth-order valence-corrected chi connectivity index (χ4v) is 1.37. The van der Waals surface area contributed by atoms with E-state index in [1.54, 1.807) is 19.1 Å². The van der Waals surface area contributed by atoms with Gasteiger partial charge in [-0.15, -0.1) is 0 Å². The molecule has 0 amide bonds. The molecule has 1 N–H and O–H groups in total. The Balaban J connectivity index is 2.77. The van der Waals surface area contributed by atoms with Crippen molar-refractivity contribution in [3.05, 3.63) is 39.8 Å². The van der Waals surface area contributed by atoms with E-state index >= 15 is 0 Å². The van der Waals surface area contributed by atoms with Gasteiger partial charge in [0.2, 0.25) is 0 Å². The van der Waals surface area contributed by atoms with E-state index in [9.17, 15) is 9.59 Å². The first kappa shape index (κ1) is 9.58. The first-order valence-corrected chi connectivity index (χ1v) is 4.58. The zero-order valence-electron chi connectivity index (χ0n) is 8.50. The molecule has 0 aliphatic rings. The van der Waals surface area contributed by atoms with E-state index < -0.39 is 0 Å². The molecule has 0 spiro atoms. The molecule has 0 aromatic carbocycles. The molecule has 2 aromatic heterocycles. The number of fused-ring (bicyclic) bond motifs is 1. The van der Waals surface area contributed by atoms with Crippen LogP contribution in [0.3, 0.4) is 0 Å². The van der Waals surface area contributed by atoms with Gasteiger partial charge in [0.05, 0.1) is 11.0 Å². The Morgan fingerprint density at radius 2 is 2.13 bits per heavy atom. The van der Waals surface area contributed by atoms with Gasteiger partial charge in [-0.25, -0.2) is 0 Å². The van der Waals surface area contributed by atoms with Gasteiger partial charge in [-0.3, -0.25) is 14.6 Å². The third-order valence-corrected chi connectivity index (χ3v) is 2.28. The minimum absolute atomic E-state index is 0.0641. The molecule has 2 rings (SSSR count). The molecule has 15 heavy (non-hydrogen) atoms. The average Bonchev–Trinajstić information content (AvgIpc) is 2.19. The van der Waals surface area contributed by atoms with Crippen LogP contribution in [-0.4, -0.2) is 15.8 Å². The minimum atomic E-state index is -0.148. The van der Waals surface area contributed by atoms with Crippen LogP contribution in [0.1, 0.15) is 22.8 Å². The van der Waals surface area contributed by atoms with Crippen LogP contribution in [0.2, 0.25) is 0 Å². The van der Waals surface area contributed by atoms with Crippen molar-refractivity contribution < 1.29 is 4.79 Å². The Labute approximate surface area is 86.0 Å². The summed E-state index contributed by atoms with van der Waals surface area (Å²) in [6, 6.07) is 3.35. The summed E-state index contributed by atoms with van der Waals surface area (Å²) in [4.78, 5) is 29.3. The van der Waals surface area contributed by atoms with E-state index in [0.717, 1.165) is 0 Å². The van der Waals surface area contributed by atoms with Crippen molar-refractivity contribution in [1.82, 2.24) is 9.97 Å². The summed E-state index contributed by atoms with van der Waals surface area (Å²) in [7, 11) is 0. The molecule has 0 radical (unpaired) electrons. The van der Waals surface area contributed by atoms with Crippen molar-refractivity contribution >= 4 is 16.8 Å². The molecule has 76 valence electrons. The van der Waals surface area contributed by atoms with Crippen LogP contribution < -0.4 is 5.56 Å². The highest BCUT2D eigenvalue weighted by molar-refractivity contribution is 5.96. The lowest BCUT2D eigenvalue weighted by atomic mass is 10.1. The zero-order chi connectivity index (χ0) is 11.0. The number of rotatable bonds is 1. The van der Waals surface area contributed by atoms with Crippen molar-refractivity contribution in [2.75, 3.05) is 0 Å². The highest BCUT2D eigenvalue weighted by Gasteiger charge is 2.04. The number of pyridine rings is 2. The predicted molar refractivity (Wildman–Crippen MR) is 57.1 cm³/mol. The quantitative estimate of drug-likeness (QED) is 0.711. The maximum absolute atomic E-state index is 11.3. The van der Waals surface area contributed by atoms with Gasteiger partial charge in [-0.05, 0) is 26.0 Å². The van der Waals surface area contributed by atoms with Crippen LogP contribution in [0.4, 0.5) is 0 Å². The van der Waals surface area contributed by atoms with Gasteiger partial charge < -0.3 is 4.98 Å². The van der Waals surface area contributed by atoms with E-state index in [2.05, 4.69) is 9.97 Å². The number of nitrogens with one attached hydrogen (secondary N) is 1. The largest absolute Gasteiger partial charge is 0.320 e. The number of carbonyl (C=O) groups excluding carboxylic acids is 1. The number of hydrogen-bond donors (Lipinski definition) is 1. The van der Waals surface area contributed by atoms with Gasteiger partial charge in [0.1, 0.15) is 0 Å². The number of carbonyl (C=O) groups is 1. The lowest BCUT2D eigenvalue weighted by Crippen LogP contribution is -2.09. The van der Waals surface area contributed by atoms with Crippen LogP contribution in [0, 0.1) is 6.92 Å². The number of H-pyrrole nitrogens is 1. The summed E-state index contributed by atoms with van der Waals surface area (Å²) in [6.45, 7) is 3.19. The van der Waals surface area contributed by atoms with E-state index in [1.807, 2.05) is 0 Å². The third-order valence-electron chi connectivity index (χ3n) is 2.28. The molecule has 0 aliphatic carbocycles. The molecular formula is C11H10N2O2. The summed E-state index contributed by atoms with van der Waals surface area (Å²) in [5.74, 6) is -0.0641. The van der Waals surface area contributed by atoms with Crippen LogP contribution in [0.5, 0.6) is 0 Å². The van der Waals surface area contributed by atoms with Gasteiger partial charge in [-0.2, -0.15) is 0 Å². The smallest absolute Gasteiger partial charge is 0.251 e. The molecule has 0 aliphatic heterocycles. The van der Waals surface area contributed by atoms with Gasteiger partial charge >= 0.3 is 0 Å². The number of aromatic nitrogens is 2. The molecule has 0 saturated carbocycles. The Morgan fingerprint density at radius 3 is 2.80 bits per heavy atom. The second-order valence-corrected chi connectivity index (χ2v) is 3.49. The predicted octanol–water partition coefficient (Wildman–Crippen LogP) is 1.43. The van der Waals surface area contributed by atoms with Gasteiger partial charge in [0.15, 0.2) is 5.78 Å². The van der Waals surface area contributed by atoms with E-state index in [0.29, 0.717) is 22.2 Å². The van der Waals surface area contributed by atoms with E-state index in [1.165, 1.54) is 13.1 Å². The summed E-state index contributed by atoms with van der Waals surface area (Å²) < 4.78 is 0. The molecule has 0 fully saturated rings. The lowest BCUT2D eigenvalue weighted by Gasteiger charge is -2.00. The third kappa shape index (κ3) is 1.66. The molecule has 2 aromatic rings. The van der Waals surface area contributed by atoms with Crippen molar-refractivity contribution in [2.45, 2.75) is 13.8 Å². The number of Topliss-reactive ketones (excluding diaryl/α,β-unsaturated/α-hetero) is 1. The van der Waals surface area contributed by atoms with Crippen molar-refractivity contribution in [2.24, 2.45) is 0 Å². The number of ketones is 1. The van der Waals surface area contributed by atoms with Crippen LogP contribution in [-0.2, 0) is 0 Å². The maximum Gasteiger partial charge on any atom is 0.251 e. The van der Waals surface area contributed by atoms with Crippen LogP contribution >= 0.6 is 0 Å². The first-order valence-electron chi connectivity index (χ1n) is 4.58. The van der Waals surface area contributed by atoms with Gasteiger partial charge in [0.25, 0.3) is 5.56 Å². The summed E-state index contributed by atoms with van der Waals surface area (Å²) >= 11 is 0. The van der Waals surface area contributed by atoms with E-state index in [4.69, 9.17) is 0 Å². The number of aromatic amines is 1. The second-order valence-electron chi connectivity index (χ2n) is 3.49. The highest BCUT2D eigenvalue weighted by Crippen LogP contribution is 2.10. The Bertz CT molecular complexity index is 599. The molecule has 4 heteroatoms. The Morgan fingerprint density at radius 1 is 1.40 bits per heavy atom. The van der Waals surface area contributed by atoms with Crippen molar-refractivity contribution in [3.63, 3.8) is 0 Å². The number of hydrogen-bond acceptors (Lipinski definition) is 3. The summed E-state index contributed by atoms with van der Waals surface area (Å²) in [6.07, 6.45) is 1.52. The van der Waals surface area contributed by atoms with Crippen molar-refractivity contribution in [3.8, 4) is 0 Å². The van der Waals surface area contributed by atoms with Gasteiger partial charge in [-0.1, -0.05) is 0 Å². The fourth-order valence-electron chi connectivity index (χ4n) is 1.37. The average molecular weight is 202 g/mol. The monoisotopic (exact) mass is 202 g/mol. The topological polar surface area (TPSA) is 62.8 Å².